The molecule has 7 heterocycles. The molecule has 0 unspecified atom stereocenters. The summed E-state index contributed by atoms with van der Waals surface area (Å²) >= 11 is 0. The SMILES string of the molecule is Cc1cccc(C(=O)NC2CC(n3cnc4c(Nc5ccc(N6CCN(CC7CCN(C(=O)COc8ccc9c(c8)C(=O)N([C@H]8CCC(=O)NC8=O)C9=O)CC7)CC6)cc5)ncnc43)C2)n1. The van der Waals surface area contributed by atoms with E-state index in [-0.39, 0.29) is 60.2 Å². The van der Waals surface area contributed by atoms with Gasteiger partial charge in [-0.15, -0.1) is 0 Å². The number of hydrogen-bond acceptors (Lipinski definition) is 14. The summed E-state index contributed by atoms with van der Waals surface area (Å²) in [5.41, 5.74) is 4.99. The molecule has 4 aliphatic heterocycles. The number of imide groups is 2. The van der Waals surface area contributed by atoms with Crippen LogP contribution in [0, 0.1) is 12.8 Å². The monoisotopic (exact) mass is 894 g/mol. The Hall–Kier alpha value is -7.28. The molecule has 10 rings (SSSR count). The number of piperidine rings is 2. The lowest BCUT2D eigenvalue weighted by atomic mass is 9.86. The fraction of sp³-hybridized carbons (Fsp3) is 0.404. The van der Waals surface area contributed by atoms with Crippen LogP contribution in [0.3, 0.4) is 0 Å². The van der Waals surface area contributed by atoms with Crippen molar-refractivity contribution in [3.05, 3.63) is 95.8 Å². The first-order valence-corrected chi connectivity index (χ1v) is 22.6. The predicted molar refractivity (Wildman–Crippen MR) is 240 cm³/mol. The molecule has 5 aromatic rings. The highest BCUT2D eigenvalue weighted by Crippen LogP contribution is 2.36. The molecule has 5 aliphatic rings. The molecule has 0 bridgehead atoms. The zero-order valence-corrected chi connectivity index (χ0v) is 36.5. The van der Waals surface area contributed by atoms with Crippen molar-refractivity contribution in [1.82, 2.24) is 49.8 Å². The van der Waals surface area contributed by atoms with Crippen LogP contribution in [0.15, 0.2) is 73.3 Å². The highest BCUT2D eigenvalue weighted by Gasteiger charge is 2.45. The van der Waals surface area contributed by atoms with Gasteiger partial charge in [-0.25, -0.2) is 19.9 Å². The number of fused-ring (bicyclic) bond motifs is 2. The number of carbonyl (C=O) groups excluding carboxylic acids is 6. The summed E-state index contributed by atoms with van der Waals surface area (Å²) < 4.78 is 7.86. The van der Waals surface area contributed by atoms with E-state index in [2.05, 4.69) is 74.5 Å². The second kappa shape index (κ2) is 17.9. The van der Waals surface area contributed by atoms with Gasteiger partial charge >= 0.3 is 0 Å². The average molecular weight is 895 g/mol. The van der Waals surface area contributed by atoms with E-state index < -0.39 is 29.7 Å². The molecular weight excluding hydrogens is 845 g/mol. The molecule has 19 heteroatoms. The molecule has 0 radical (unpaired) electrons. The van der Waals surface area contributed by atoms with Crippen molar-refractivity contribution in [3.63, 3.8) is 0 Å². The van der Waals surface area contributed by atoms with Crippen molar-refractivity contribution in [3.8, 4) is 5.75 Å². The number of hydrogen-bond donors (Lipinski definition) is 3. The van der Waals surface area contributed by atoms with Gasteiger partial charge in [-0.2, -0.15) is 0 Å². The molecule has 4 fully saturated rings. The summed E-state index contributed by atoms with van der Waals surface area (Å²) in [5.74, 6) is -1.22. The van der Waals surface area contributed by atoms with Gasteiger partial charge in [0.2, 0.25) is 11.8 Å². The third kappa shape index (κ3) is 8.65. The number of rotatable bonds is 12. The van der Waals surface area contributed by atoms with E-state index >= 15 is 0 Å². The van der Waals surface area contributed by atoms with E-state index in [4.69, 9.17) is 4.74 Å². The van der Waals surface area contributed by atoms with Gasteiger partial charge in [-0.1, -0.05) is 6.07 Å². The average Bonchev–Trinajstić information content (AvgIpc) is 3.85. The van der Waals surface area contributed by atoms with Gasteiger partial charge in [0.1, 0.15) is 23.8 Å². The molecule has 3 N–H and O–H groups in total. The smallest absolute Gasteiger partial charge is 0.270 e. The first-order valence-electron chi connectivity index (χ1n) is 22.6. The molecule has 3 saturated heterocycles. The number of carbonyl (C=O) groups is 6. The maximum absolute atomic E-state index is 13.2. The second-order valence-electron chi connectivity index (χ2n) is 17.7. The van der Waals surface area contributed by atoms with Crippen LogP contribution in [0.2, 0.25) is 0 Å². The van der Waals surface area contributed by atoms with Crippen molar-refractivity contribution < 1.29 is 33.5 Å². The van der Waals surface area contributed by atoms with Crippen molar-refractivity contribution >= 4 is 63.8 Å². The summed E-state index contributed by atoms with van der Waals surface area (Å²) in [6.07, 6.45) is 6.83. The minimum atomic E-state index is -1.05. The number of anilines is 3. The van der Waals surface area contributed by atoms with Gasteiger partial charge in [0.15, 0.2) is 23.6 Å². The number of nitrogens with zero attached hydrogens (tertiary/aromatic N) is 9. The standard InChI is InChI=1S/C47H50N12O7/c1-28-3-2-4-37(51-28)44(62)53-31-21-33(22-31)58-27-50-41-42(48-26-49-43(41)58)52-30-5-7-32(8-6-30)56-19-17-55(18-20-56)24-29-13-15-57(16-14-29)40(61)25-66-34-9-10-35-36(23-34)47(65)59(46(35)64)38-11-12-39(60)54-45(38)63/h2-10,23,26-27,29,31,33,38H,11-22,24-25H2,1H3,(H,53,62)(H,48,49,52)(H,54,60,63)/t31?,33?,38-/m0/s1. The van der Waals surface area contributed by atoms with Crippen LogP contribution in [-0.4, -0.2) is 139 Å². The normalized spacial score (nSPS) is 21.4. The van der Waals surface area contributed by atoms with Crippen LogP contribution in [0.4, 0.5) is 17.2 Å². The van der Waals surface area contributed by atoms with Gasteiger partial charge in [0.05, 0.1) is 17.5 Å². The Morgan fingerprint density at radius 3 is 2.38 bits per heavy atom. The molecular formula is C47H50N12O7. The number of amides is 6. The molecule has 1 aliphatic carbocycles. The van der Waals surface area contributed by atoms with Crippen molar-refractivity contribution in [1.29, 1.82) is 0 Å². The number of pyridine rings is 1. The van der Waals surface area contributed by atoms with Crippen LogP contribution in [-0.2, 0) is 14.4 Å². The first kappa shape index (κ1) is 42.7. The van der Waals surface area contributed by atoms with E-state index in [1.165, 1.54) is 12.1 Å². The lowest BCUT2D eigenvalue weighted by molar-refractivity contribution is -0.136. The third-order valence-corrected chi connectivity index (χ3v) is 13.4. The molecule has 1 saturated carbocycles. The number of imidazole rings is 1. The van der Waals surface area contributed by atoms with Crippen LogP contribution in [0.25, 0.3) is 11.2 Å². The lowest BCUT2D eigenvalue weighted by Crippen LogP contribution is -2.54. The van der Waals surface area contributed by atoms with E-state index in [0.717, 1.165) is 86.0 Å². The molecule has 3 aromatic heterocycles. The summed E-state index contributed by atoms with van der Waals surface area (Å²) in [4.78, 5) is 102. The zero-order valence-electron chi connectivity index (χ0n) is 36.5. The van der Waals surface area contributed by atoms with Crippen LogP contribution < -0.4 is 25.6 Å². The molecule has 0 spiro atoms. The zero-order chi connectivity index (χ0) is 45.5. The number of nitrogens with one attached hydrogen (secondary N) is 3. The molecule has 340 valence electrons. The van der Waals surface area contributed by atoms with E-state index in [0.29, 0.717) is 36.0 Å². The van der Waals surface area contributed by atoms with Crippen molar-refractivity contribution in [2.24, 2.45) is 5.92 Å². The topological polar surface area (TPSA) is 217 Å². The highest BCUT2D eigenvalue weighted by atomic mass is 16.5. The quantitative estimate of drug-likeness (QED) is 0.153. The predicted octanol–water partition coefficient (Wildman–Crippen LogP) is 3.25. The third-order valence-electron chi connectivity index (χ3n) is 13.4. The van der Waals surface area contributed by atoms with Crippen LogP contribution in [0.5, 0.6) is 5.75 Å². The Balaban J connectivity index is 0.647. The highest BCUT2D eigenvalue weighted by molar-refractivity contribution is 6.23. The molecule has 66 heavy (non-hydrogen) atoms. The molecule has 2 aromatic carbocycles. The number of aromatic nitrogens is 5. The summed E-state index contributed by atoms with van der Waals surface area (Å²) in [6.45, 7) is 7.67. The Morgan fingerprint density at radius 1 is 0.848 bits per heavy atom. The molecule has 6 amide bonds. The minimum Gasteiger partial charge on any atom is -0.484 e. The summed E-state index contributed by atoms with van der Waals surface area (Å²) in [5, 5.41) is 8.72. The van der Waals surface area contributed by atoms with Crippen molar-refractivity contribution in [2.45, 2.75) is 63.6 Å². The fourth-order valence-corrected chi connectivity index (χ4v) is 9.66. The number of benzene rings is 2. The Bertz CT molecular complexity index is 2720. The van der Waals surface area contributed by atoms with Crippen molar-refractivity contribution in [2.75, 3.05) is 62.6 Å². The largest absolute Gasteiger partial charge is 0.484 e. The summed E-state index contributed by atoms with van der Waals surface area (Å²) in [6, 6.07) is 17.4. The van der Waals surface area contributed by atoms with Gasteiger partial charge in [-0.3, -0.25) is 43.9 Å². The maximum Gasteiger partial charge on any atom is 0.270 e. The van der Waals surface area contributed by atoms with Gasteiger partial charge in [0, 0.05) is 81.4 Å². The van der Waals surface area contributed by atoms with Gasteiger partial charge < -0.3 is 29.7 Å². The second-order valence-corrected chi connectivity index (χ2v) is 17.7. The first-order chi connectivity index (χ1) is 32.0. The number of piperazine rings is 1. The Labute approximate surface area is 379 Å². The van der Waals surface area contributed by atoms with E-state index in [9.17, 15) is 28.8 Å². The van der Waals surface area contributed by atoms with E-state index in [1.54, 1.807) is 24.8 Å². The van der Waals surface area contributed by atoms with Gasteiger partial charge in [0.25, 0.3) is 23.6 Å². The summed E-state index contributed by atoms with van der Waals surface area (Å²) in [7, 11) is 0. The minimum absolute atomic E-state index is 0.0415. The maximum atomic E-state index is 13.2. The molecule has 19 nitrogen and oxygen atoms in total. The number of aryl methyl sites for hydroxylation is 1. The van der Waals surface area contributed by atoms with Gasteiger partial charge in [-0.05, 0) is 99.5 Å². The number of ether oxygens (including phenoxy) is 1. The Morgan fingerprint density at radius 2 is 1.62 bits per heavy atom. The molecule has 1 atom stereocenters. The van der Waals surface area contributed by atoms with Crippen LogP contribution >= 0.6 is 0 Å². The van der Waals surface area contributed by atoms with E-state index in [1.807, 2.05) is 24.0 Å². The fourth-order valence-electron chi connectivity index (χ4n) is 9.66. The van der Waals surface area contributed by atoms with Crippen LogP contribution in [0.1, 0.15) is 81.5 Å². The Kier molecular flexibility index (Phi) is 11.6. The number of likely N-dealkylation sites (tertiary alicyclic amines) is 1. The lowest BCUT2D eigenvalue weighted by Gasteiger charge is -2.39.